The van der Waals surface area contributed by atoms with Crippen LogP contribution in [-0.4, -0.2) is 9.72 Å². The monoisotopic (exact) mass is 205 g/mol. The summed E-state index contributed by atoms with van der Waals surface area (Å²) in [4.78, 5) is 0. The fourth-order valence-electron chi connectivity index (χ4n) is 1.46. The molecule has 0 saturated heterocycles. The zero-order valence-corrected chi connectivity index (χ0v) is 8.81. The van der Waals surface area contributed by atoms with Gasteiger partial charge in [-0.1, -0.05) is 5.16 Å². The lowest BCUT2D eigenvalue weighted by Gasteiger charge is -1.99. The van der Waals surface area contributed by atoms with Crippen molar-refractivity contribution in [3.8, 4) is 0 Å². The van der Waals surface area contributed by atoms with Crippen molar-refractivity contribution in [3.05, 3.63) is 42.0 Å². The van der Waals surface area contributed by atoms with Gasteiger partial charge < -0.3 is 14.4 Å². The smallest absolute Gasteiger partial charge is 0.150 e. The van der Waals surface area contributed by atoms with Crippen LogP contribution in [0.15, 0.2) is 35.2 Å². The first-order valence-electron chi connectivity index (χ1n) is 5.13. The lowest BCUT2D eigenvalue weighted by Crippen LogP contribution is -2.11. The van der Waals surface area contributed by atoms with E-state index in [-0.39, 0.29) is 0 Å². The second-order valence-corrected chi connectivity index (χ2v) is 3.43. The quantitative estimate of drug-likeness (QED) is 0.809. The number of nitrogens with zero attached hydrogens (tertiary/aromatic N) is 2. The summed E-state index contributed by atoms with van der Waals surface area (Å²) in [5, 5.41) is 6.94. The molecule has 2 rings (SSSR count). The summed E-state index contributed by atoms with van der Waals surface area (Å²) in [6.45, 7) is 4.72. The summed E-state index contributed by atoms with van der Waals surface area (Å²) in [5.74, 6) is 0.866. The van der Waals surface area contributed by atoms with E-state index in [2.05, 4.69) is 40.4 Å². The minimum Gasteiger partial charge on any atom is -0.360 e. The van der Waals surface area contributed by atoms with E-state index in [9.17, 15) is 0 Å². The maximum atomic E-state index is 4.98. The Morgan fingerprint density at radius 1 is 1.40 bits per heavy atom. The molecule has 0 atom stereocenters. The average molecular weight is 205 g/mol. The molecule has 0 saturated carbocycles. The van der Waals surface area contributed by atoms with Crippen LogP contribution in [0.2, 0.25) is 0 Å². The van der Waals surface area contributed by atoms with Crippen LogP contribution in [0.3, 0.4) is 0 Å². The number of hydrogen-bond acceptors (Lipinski definition) is 3. The lowest BCUT2D eigenvalue weighted by atomic mass is 10.3. The highest BCUT2D eigenvalue weighted by molar-refractivity contribution is 5.10. The first-order valence-corrected chi connectivity index (χ1v) is 5.13. The van der Waals surface area contributed by atoms with Crippen LogP contribution < -0.4 is 5.32 Å². The third kappa shape index (κ3) is 2.70. The molecule has 0 fully saturated rings. The minimum atomic E-state index is 0.720. The first-order chi connectivity index (χ1) is 7.38. The van der Waals surface area contributed by atoms with Gasteiger partial charge in [0.15, 0.2) is 0 Å². The Balaban J connectivity index is 1.78. The molecule has 0 amide bonds. The summed E-state index contributed by atoms with van der Waals surface area (Å²) in [6, 6.07) is 3.99. The SMILES string of the molecule is CCn1ccc(CNCc2ccno2)c1. The fourth-order valence-corrected chi connectivity index (χ4v) is 1.46. The number of nitrogens with one attached hydrogen (secondary N) is 1. The molecule has 2 heterocycles. The molecule has 0 aliphatic rings. The maximum absolute atomic E-state index is 4.98. The van der Waals surface area contributed by atoms with Gasteiger partial charge in [0.1, 0.15) is 5.76 Å². The molecule has 4 nitrogen and oxygen atoms in total. The molecule has 0 bridgehead atoms. The van der Waals surface area contributed by atoms with E-state index in [1.807, 2.05) is 6.07 Å². The van der Waals surface area contributed by atoms with Crippen molar-refractivity contribution >= 4 is 0 Å². The van der Waals surface area contributed by atoms with Crippen LogP contribution in [0, 0.1) is 0 Å². The van der Waals surface area contributed by atoms with Gasteiger partial charge in [0, 0.05) is 31.5 Å². The molecule has 15 heavy (non-hydrogen) atoms. The first kappa shape index (κ1) is 9.98. The van der Waals surface area contributed by atoms with Gasteiger partial charge in [-0.2, -0.15) is 0 Å². The summed E-state index contributed by atoms with van der Waals surface area (Å²) in [7, 11) is 0. The van der Waals surface area contributed by atoms with Gasteiger partial charge in [0.05, 0.1) is 12.7 Å². The van der Waals surface area contributed by atoms with Crippen molar-refractivity contribution in [2.75, 3.05) is 0 Å². The van der Waals surface area contributed by atoms with Crippen LogP contribution >= 0.6 is 0 Å². The van der Waals surface area contributed by atoms with Gasteiger partial charge in [0.25, 0.3) is 0 Å². The minimum absolute atomic E-state index is 0.720. The fraction of sp³-hybridized carbons (Fsp3) is 0.364. The van der Waals surface area contributed by atoms with Gasteiger partial charge in [-0.3, -0.25) is 0 Å². The predicted octanol–water partition coefficient (Wildman–Crippen LogP) is 1.79. The molecule has 4 heteroatoms. The van der Waals surface area contributed by atoms with Gasteiger partial charge in [-0.25, -0.2) is 0 Å². The Kier molecular flexibility index (Phi) is 3.19. The molecular formula is C11H15N3O. The van der Waals surface area contributed by atoms with Crippen LogP contribution in [-0.2, 0) is 19.6 Å². The van der Waals surface area contributed by atoms with Crippen molar-refractivity contribution in [3.63, 3.8) is 0 Å². The number of hydrogen-bond donors (Lipinski definition) is 1. The Morgan fingerprint density at radius 3 is 3.00 bits per heavy atom. The topological polar surface area (TPSA) is 43.0 Å². The summed E-state index contributed by atoms with van der Waals surface area (Å²) in [6.07, 6.45) is 5.89. The standard InChI is InChI=1S/C11H15N3O/c1-2-14-6-4-10(9-14)7-12-8-11-3-5-13-15-11/h3-6,9,12H,2,7-8H2,1H3. The summed E-state index contributed by atoms with van der Waals surface area (Å²) < 4.78 is 7.14. The molecule has 0 spiro atoms. The molecule has 1 N–H and O–H groups in total. The van der Waals surface area contributed by atoms with Gasteiger partial charge in [0.2, 0.25) is 0 Å². The molecule has 0 aliphatic carbocycles. The van der Waals surface area contributed by atoms with Gasteiger partial charge in [-0.15, -0.1) is 0 Å². The Hall–Kier alpha value is -1.55. The van der Waals surface area contributed by atoms with Gasteiger partial charge in [-0.05, 0) is 18.6 Å². The molecule has 80 valence electrons. The van der Waals surface area contributed by atoms with Crippen molar-refractivity contribution in [1.29, 1.82) is 0 Å². The van der Waals surface area contributed by atoms with E-state index >= 15 is 0 Å². The highest BCUT2D eigenvalue weighted by atomic mass is 16.5. The molecule has 0 radical (unpaired) electrons. The Morgan fingerprint density at radius 2 is 2.33 bits per heavy atom. The van der Waals surface area contributed by atoms with Gasteiger partial charge >= 0.3 is 0 Å². The lowest BCUT2D eigenvalue weighted by molar-refractivity contribution is 0.373. The molecule has 2 aromatic rings. The summed E-state index contributed by atoms with van der Waals surface area (Å²) >= 11 is 0. The van der Waals surface area contributed by atoms with E-state index in [4.69, 9.17) is 4.52 Å². The second-order valence-electron chi connectivity index (χ2n) is 3.43. The molecule has 0 aliphatic heterocycles. The average Bonchev–Trinajstić information content (AvgIpc) is 2.88. The maximum Gasteiger partial charge on any atom is 0.150 e. The van der Waals surface area contributed by atoms with Crippen LogP contribution in [0.5, 0.6) is 0 Å². The number of rotatable bonds is 5. The molecule has 0 unspecified atom stereocenters. The number of aromatic nitrogens is 2. The Labute approximate surface area is 88.9 Å². The second kappa shape index (κ2) is 4.79. The Bertz CT molecular complexity index is 392. The normalized spacial score (nSPS) is 10.7. The van der Waals surface area contributed by atoms with E-state index < -0.39 is 0 Å². The third-order valence-electron chi connectivity index (χ3n) is 2.30. The van der Waals surface area contributed by atoms with Crippen LogP contribution in [0.4, 0.5) is 0 Å². The summed E-state index contributed by atoms with van der Waals surface area (Å²) in [5.41, 5.74) is 1.29. The zero-order chi connectivity index (χ0) is 10.5. The highest BCUT2D eigenvalue weighted by Gasteiger charge is 1.98. The van der Waals surface area contributed by atoms with E-state index in [1.165, 1.54) is 5.56 Å². The molecule has 2 aromatic heterocycles. The van der Waals surface area contributed by atoms with Crippen LogP contribution in [0.25, 0.3) is 0 Å². The van der Waals surface area contributed by atoms with Crippen molar-refractivity contribution < 1.29 is 4.52 Å². The third-order valence-corrected chi connectivity index (χ3v) is 2.30. The van der Waals surface area contributed by atoms with Crippen molar-refractivity contribution in [2.45, 2.75) is 26.6 Å². The van der Waals surface area contributed by atoms with E-state index in [1.54, 1.807) is 6.20 Å². The largest absolute Gasteiger partial charge is 0.360 e. The molecule has 0 aromatic carbocycles. The van der Waals surface area contributed by atoms with Crippen molar-refractivity contribution in [2.24, 2.45) is 0 Å². The molecular weight excluding hydrogens is 190 g/mol. The van der Waals surface area contributed by atoms with E-state index in [0.717, 1.165) is 25.4 Å². The number of aryl methyl sites for hydroxylation is 1. The highest BCUT2D eigenvalue weighted by Crippen LogP contribution is 2.02. The van der Waals surface area contributed by atoms with Crippen molar-refractivity contribution in [1.82, 2.24) is 15.0 Å². The zero-order valence-electron chi connectivity index (χ0n) is 8.81. The predicted molar refractivity (Wildman–Crippen MR) is 57.2 cm³/mol. The van der Waals surface area contributed by atoms with E-state index in [0.29, 0.717) is 0 Å². The van der Waals surface area contributed by atoms with Crippen LogP contribution in [0.1, 0.15) is 18.2 Å².